The number of benzene rings is 9. The lowest BCUT2D eigenvalue weighted by atomic mass is 9.33. The highest BCUT2D eigenvalue weighted by atomic mass is 32.1. The van der Waals surface area contributed by atoms with Gasteiger partial charge in [-0.3, -0.25) is 0 Å². The first-order chi connectivity index (χ1) is 44.7. The fraction of sp³-hybridized carbons (Fsp3) is 0.0690. The van der Waals surface area contributed by atoms with E-state index in [4.69, 9.17) is 15.1 Å². The van der Waals surface area contributed by atoms with Crippen molar-refractivity contribution in [3.05, 3.63) is 199 Å². The van der Waals surface area contributed by atoms with Gasteiger partial charge in [0.15, 0.2) is 0 Å². The Kier molecular flexibility index (Phi) is 3.43. The van der Waals surface area contributed by atoms with Gasteiger partial charge in [0.05, 0.1) is 77.6 Å². The molecule has 4 nitrogen and oxygen atoms in total. The van der Waals surface area contributed by atoms with Crippen LogP contribution in [0, 0.1) is 0 Å². The largest absolute Gasteiger partial charge is 0.311 e. The van der Waals surface area contributed by atoms with E-state index in [1.165, 1.54) is 0 Å². The van der Waals surface area contributed by atoms with E-state index in [1.54, 1.807) is 20.8 Å². The second kappa shape index (κ2) is 13.0. The fourth-order valence-corrected chi connectivity index (χ4v) is 9.83. The molecule has 0 fully saturated rings. The molecule has 0 saturated heterocycles. The highest BCUT2D eigenvalue weighted by molar-refractivity contribution is 7.25. The number of nitrogens with zero attached hydrogens (tertiary/aromatic N) is 4. The summed E-state index contributed by atoms with van der Waals surface area (Å²) in [5, 5.41) is -1.66. The minimum absolute atomic E-state index is 0.186. The maximum Gasteiger partial charge on any atom is 0.252 e. The van der Waals surface area contributed by atoms with Crippen LogP contribution in [0.2, 0.25) is 0 Å². The molecule has 0 saturated carbocycles. The van der Waals surface area contributed by atoms with Crippen molar-refractivity contribution < 1.29 is 43.9 Å². The van der Waals surface area contributed by atoms with Crippen LogP contribution in [0.15, 0.2) is 193 Å². The lowest BCUT2D eigenvalue weighted by Gasteiger charge is -2.47. The third-order valence-corrected chi connectivity index (χ3v) is 12.6. The van der Waals surface area contributed by atoms with Crippen LogP contribution in [0.5, 0.6) is 0 Å². The van der Waals surface area contributed by atoms with Gasteiger partial charge in [-0.15, -0.1) is 11.3 Å². The van der Waals surface area contributed by atoms with Crippen LogP contribution >= 0.6 is 11.3 Å². The van der Waals surface area contributed by atoms with Crippen LogP contribution in [-0.4, -0.2) is 11.3 Å². The van der Waals surface area contributed by atoms with Crippen LogP contribution in [0.3, 0.4) is 0 Å². The Morgan fingerprint density at radius 2 is 1.14 bits per heavy atom. The Morgan fingerprint density at radius 3 is 1.92 bits per heavy atom. The third-order valence-electron chi connectivity index (χ3n) is 11.6. The Balaban J connectivity index is 1.34. The molecule has 9 aromatic carbocycles. The summed E-state index contributed by atoms with van der Waals surface area (Å²) < 4.78 is 307. The number of para-hydroxylation sites is 5. The Morgan fingerprint density at radius 1 is 0.484 bits per heavy atom. The quantitative estimate of drug-likeness (QED) is 0.164. The Labute approximate surface area is 421 Å². The van der Waals surface area contributed by atoms with Crippen molar-refractivity contribution in [3.63, 3.8) is 0 Å². The third kappa shape index (κ3) is 4.89. The first kappa shape index (κ1) is 16.9. The number of anilines is 9. The van der Waals surface area contributed by atoms with Crippen LogP contribution < -0.4 is 31.1 Å². The molecule has 3 aliphatic rings. The molecular weight excluding hydrogens is 796 g/mol. The molecule has 0 amide bonds. The van der Waals surface area contributed by atoms with Crippen molar-refractivity contribution in [1.29, 1.82) is 0 Å². The van der Waals surface area contributed by atoms with E-state index in [0.29, 0.717) is 16.2 Å². The van der Waals surface area contributed by atoms with Crippen molar-refractivity contribution in [2.75, 3.05) is 14.7 Å². The Bertz CT molecular complexity index is 5530. The van der Waals surface area contributed by atoms with Crippen molar-refractivity contribution in [1.82, 2.24) is 4.57 Å². The first-order valence-electron chi connectivity index (χ1n) is 35.7. The average Bonchev–Trinajstić information content (AvgIpc) is 1.11. The van der Waals surface area contributed by atoms with Gasteiger partial charge >= 0.3 is 0 Å². The molecule has 0 atom stereocenters. The monoisotopic (exact) mass is 869 g/mol. The van der Waals surface area contributed by atoms with Crippen LogP contribution in [-0.2, 0) is 5.41 Å². The number of thiophene rings is 1. The van der Waals surface area contributed by atoms with Crippen LogP contribution in [0.4, 0.5) is 51.2 Å². The van der Waals surface area contributed by atoms with E-state index in [2.05, 4.69) is 0 Å². The summed E-state index contributed by atoms with van der Waals surface area (Å²) in [6.45, 7) is 2.73. The van der Waals surface area contributed by atoms with E-state index in [-0.39, 0.29) is 20.3 Å². The smallest absolute Gasteiger partial charge is 0.252 e. The van der Waals surface area contributed by atoms with Crippen molar-refractivity contribution in [2.24, 2.45) is 0 Å². The minimum Gasteiger partial charge on any atom is -0.311 e. The molecule has 64 heavy (non-hydrogen) atoms. The van der Waals surface area contributed by atoms with E-state index < -0.39 is 306 Å². The van der Waals surface area contributed by atoms with Gasteiger partial charge in [-0.05, 0) is 112 Å². The molecule has 6 heteroatoms. The predicted octanol–water partition coefficient (Wildman–Crippen LogP) is 14.3. The number of aromatic nitrogens is 1. The van der Waals surface area contributed by atoms with Gasteiger partial charge in [0.1, 0.15) is 0 Å². The van der Waals surface area contributed by atoms with Gasteiger partial charge in [0.25, 0.3) is 6.71 Å². The van der Waals surface area contributed by atoms with Gasteiger partial charge in [-0.25, -0.2) is 0 Å². The number of rotatable bonds is 4. The lowest BCUT2D eigenvalue weighted by Crippen LogP contribution is -2.62. The summed E-state index contributed by atoms with van der Waals surface area (Å²) in [6.07, 6.45) is 0. The van der Waals surface area contributed by atoms with Crippen molar-refractivity contribution in [2.45, 2.75) is 26.2 Å². The van der Waals surface area contributed by atoms with Gasteiger partial charge < -0.3 is 19.3 Å². The molecule has 3 aliphatic heterocycles. The predicted molar refractivity (Wildman–Crippen MR) is 275 cm³/mol. The molecule has 0 N–H and O–H groups in total. The zero-order chi connectivity index (χ0) is 70.3. The van der Waals surface area contributed by atoms with E-state index in [0.717, 1.165) is 14.4 Å². The van der Waals surface area contributed by atoms with E-state index >= 15 is 0 Å². The summed E-state index contributed by atoms with van der Waals surface area (Å²) in [7, 11) is 0. The summed E-state index contributed by atoms with van der Waals surface area (Å²) in [6, 6.07) is -30.0. The molecule has 0 unspecified atom stereocenters. The molecule has 0 radical (unpaired) electrons. The molecule has 14 rings (SSSR count). The van der Waals surface area contributed by atoms with Crippen molar-refractivity contribution >= 4 is 128 Å². The highest BCUT2D eigenvalue weighted by Gasteiger charge is 2.47. The average molecular weight is 869 g/mol. The first-order valence-corrected chi connectivity index (χ1v) is 20.5. The zero-order valence-corrected chi connectivity index (χ0v) is 34.1. The molecule has 302 valence electrons. The standard InChI is InChI=1S/C58H41BN4S/c1-58(2,3)36-28-30-48-46(32-36)59-45-23-15-26-50-57(45)63(49-25-14-22-43-41-20-10-12-24-47(41)62(50)56(43)49)52-35-40(60(37-16-6-4-7-17-37)38-18-8-5-9-19-38)34-51(55(52)59)61(48)39-29-31-54-44(33-39)42-21-11-13-27-53(42)64-54/h4-35H,1-3H3/i4D,5D,6D,7D,8D,9D,10D,11D,12D,13D,14D,15D,16D,17D,18D,19D,20D,21D,22D,23D,24D,25D,26D,27D,28D,29D,30D,31D,32D,33D,34D,35D. The summed E-state index contributed by atoms with van der Waals surface area (Å²) in [4.78, 5) is 2.22. The normalized spacial score (nSPS) is 20.5. The van der Waals surface area contributed by atoms with Gasteiger partial charge in [-0.2, -0.15) is 0 Å². The second-order valence-electron chi connectivity index (χ2n) is 16.1. The maximum atomic E-state index is 11.0. The molecule has 2 aromatic heterocycles. The Hall–Kier alpha value is -7.54. The van der Waals surface area contributed by atoms with Gasteiger partial charge in [0.2, 0.25) is 0 Å². The second-order valence-corrected chi connectivity index (χ2v) is 17.1. The zero-order valence-electron chi connectivity index (χ0n) is 65.3. The molecular formula is C58H41BN4S. The van der Waals surface area contributed by atoms with Crippen molar-refractivity contribution in [3.8, 4) is 5.69 Å². The molecule has 11 aromatic rings. The fourth-order valence-electron chi connectivity index (χ4n) is 8.91. The van der Waals surface area contributed by atoms with E-state index in [1.807, 2.05) is 0 Å². The van der Waals surface area contributed by atoms with Crippen LogP contribution in [0.25, 0.3) is 47.7 Å². The summed E-state index contributed by atoms with van der Waals surface area (Å²) in [5.41, 5.74) is -12.2. The molecule has 0 bridgehead atoms. The van der Waals surface area contributed by atoms with Gasteiger partial charge in [0, 0.05) is 65.1 Å². The molecule has 5 heterocycles. The van der Waals surface area contributed by atoms with Crippen LogP contribution in [0.1, 0.15) is 70.2 Å². The molecule has 0 spiro atoms. The lowest BCUT2D eigenvalue weighted by molar-refractivity contribution is 0.591. The van der Waals surface area contributed by atoms with Gasteiger partial charge in [-0.1, -0.05) is 130 Å². The minimum atomic E-state index is -2.04. The summed E-state index contributed by atoms with van der Waals surface area (Å²) >= 11 is 0.626. The highest BCUT2D eigenvalue weighted by Crippen LogP contribution is 2.54. The number of hydrogen-bond acceptors (Lipinski definition) is 4. The topological polar surface area (TPSA) is 14.7 Å². The summed E-state index contributed by atoms with van der Waals surface area (Å²) in [5.74, 6) is 0. The van der Waals surface area contributed by atoms with E-state index in [9.17, 15) is 28.8 Å². The number of fused-ring (bicyclic) bond motifs is 12. The SMILES string of the molecule is [2H]c1c([2H])c([2H])c(N(c2c([2H])c([2H])c([2H])c([2H])c2[2H])c2c([2H])c3c4c(c2[2H])N2c5c(c([2H])c([2H])c([2H])c5-n5c6c([2H])c([2H])c([2H])c([2H])c6c6c([2H])c([2H])c([2H])c2c65)B4c2c([2H])c(C(C)(C)C)c([2H])c([2H])c2N3c2c([2H])c([2H])c3sc4c([2H])c([2H])c([2H])c([2H])c4c3c2[2H])c([2H])c1[2H]. The molecule has 0 aliphatic carbocycles. The maximum absolute atomic E-state index is 11.0. The number of hydrogen-bond donors (Lipinski definition) is 0.